The molecule has 0 unspecified atom stereocenters. The van der Waals surface area contributed by atoms with Crippen LogP contribution in [0.4, 0.5) is 0 Å². The zero-order valence-corrected chi connectivity index (χ0v) is 11.4. The standard InChI is InChI=1S/C12H9AsO3S/c14-9-5-1-4-8-12(9)17-13-15-10-6-2-3-7-11(10)16-13/h1-8,14H. The van der Waals surface area contributed by atoms with E-state index < -0.39 is 14.2 Å². The van der Waals surface area contributed by atoms with Crippen LogP contribution in [0, 0.1) is 0 Å². The number of fused-ring (bicyclic) bond motifs is 1. The number of phenolic OH excluding ortho intramolecular Hbond substituents is 1. The van der Waals surface area contributed by atoms with E-state index in [4.69, 9.17) is 7.45 Å². The van der Waals surface area contributed by atoms with Gasteiger partial charge in [0.2, 0.25) is 0 Å². The van der Waals surface area contributed by atoms with Gasteiger partial charge in [0.1, 0.15) is 0 Å². The summed E-state index contributed by atoms with van der Waals surface area (Å²) < 4.78 is 11.5. The molecule has 0 amide bonds. The van der Waals surface area contributed by atoms with Crippen LogP contribution < -0.4 is 7.45 Å². The molecular weight excluding hydrogens is 299 g/mol. The molecule has 17 heavy (non-hydrogen) atoms. The predicted molar refractivity (Wildman–Crippen MR) is 67.4 cm³/mol. The molecule has 0 radical (unpaired) electrons. The number of hydrogen-bond donors (Lipinski definition) is 1. The summed E-state index contributed by atoms with van der Waals surface area (Å²) >= 11 is -1.94. The Morgan fingerprint density at radius 1 is 0.882 bits per heavy atom. The number of aromatic hydroxyl groups is 1. The first-order valence-electron chi connectivity index (χ1n) is 5.04. The van der Waals surface area contributed by atoms with E-state index in [0.29, 0.717) is 0 Å². The Balaban J connectivity index is 1.76. The molecule has 3 nitrogen and oxygen atoms in total. The molecule has 86 valence electrons. The summed E-state index contributed by atoms with van der Waals surface area (Å²) in [6.07, 6.45) is 0. The molecule has 0 bridgehead atoms. The molecule has 3 rings (SSSR count). The van der Waals surface area contributed by atoms with Crippen molar-refractivity contribution in [2.24, 2.45) is 0 Å². The fraction of sp³-hybridized carbons (Fsp3) is 0. The minimum atomic E-state index is -1.94. The second-order valence-corrected chi connectivity index (χ2v) is 8.44. The average molecular weight is 308 g/mol. The Morgan fingerprint density at radius 2 is 1.47 bits per heavy atom. The first-order chi connectivity index (χ1) is 8.33. The van der Waals surface area contributed by atoms with Gasteiger partial charge in [-0.25, -0.2) is 0 Å². The number of hydrogen-bond acceptors (Lipinski definition) is 4. The average Bonchev–Trinajstić information content (AvgIpc) is 2.74. The molecule has 1 N–H and O–H groups in total. The van der Waals surface area contributed by atoms with E-state index in [1.165, 1.54) is 10.0 Å². The van der Waals surface area contributed by atoms with Crippen LogP contribution in [0.1, 0.15) is 0 Å². The normalized spacial score (nSPS) is 13.9. The Labute approximate surface area is 107 Å². The fourth-order valence-corrected chi connectivity index (χ4v) is 6.64. The molecule has 1 aliphatic rings. The number of para-hydroxylation sites is 3. The molecule has 5 heteroatoms. The zero-order chi connectivity index (χ0) is 11.7. The van der Waals surface area contributed by atoms with Gasteiger partial charge < -0.3 is 0 Å². The van der Waals surface area contributed by atoms with E-state index in [1.807, 2.05) is 36.4 Å². The third-order valence-electron chi connectivity index (χ3n) is 2.23. The van der Waals surface area contributed by atoms with Crippen LogP contribution in [-0.4, -0.2) is 19.3 Å². The SMILES string of the molecule is Oc1ccccc1S[As]1Oc2ccccc2O1. The minimum absolute atomic E-state index is 0.273. The van der Waals surface area contributed by atoms with E-state index >= 15 is 0 Å². The fourth-order valence-electron chi connectivity index (χ4n) is 1.43. The summed E-state index contributed by atoms with van der Waals surface area (Å²) in [5, 5.41) is 9.68. The summed E-state index contributed by atoms with van der Waals surface area (Å²) in [5.74, 6) is 1.88. The van der Waals surface area contributed by atoms with Gasteiger partial charge in [0, 0.05) is 0 Å². The van der Waals surface area contributed by atoms with Gasteiger partial charge in [0.05, 0.1) is 0 Å². The molecule has 0 aromatic heterocycles. The van der Waals surface area contributed by atoms with Crippen molar-refractivity contribution in [2.45, 2.75) is 4.90 Å². The van der Waals surface area contributed by atoms with E-state index in [1.54, 1.807) is 12.1 Å². The monoisotopic (exact) mass is 308 g/mol. The van der Waals surface area contributed by atoms with Crippen molar-refractivity contribution >= 4 is 24.2 Å². The van der Waals surface area contributed by atoms with Gasteiger partial charge in [-0.05, 0) is 0 Å². The van der Waals surface area contributed by atoms with Gasteiger partial charge in [-0.1, -0.05) is 0 Å². The van der Waals surface area contributed by atoms with Crippen molar-refractivity contribution in [2.75, 3.05) is 0 Å². The summed E-state index contributed by atoms with van der Waals surface area (Å²) in [5.41, 5.74) is 0. The van der Waals surface area contributed by atoms with E-state index in [0.717, 1.165) is 16.4 Å². The second kappa shape index (κ2) is 4.55. The van der Waals surface area contributed by atoms with Gasteiger partial charge in [-0.3, -0.25) is 0 Å². The molecule has 0 saturated heterocycles. The van der Waals surface area contributed by atoms with Gasteiger partial charge in [0.15, 0.2) is 0 Å². The molecule has 2 aromatic rings. The Bertz CT molecular complexity index is 522. The quantitative estimate of drug-likeness (QED) is 0.866. The molecule has 0 fully saturated rings. The second-order valence-electron chi connectivity index (χ2n) is 3.41. The van der Waals surface area contributed by atoms with Crippen LogP contribution in [0.25, 0.3) is 0 Å². The molecule has 0 saturated carbocycles. The molecule has 1 aliphatic heterocycles. The van der Waals surface area contributed by atoms with Crippen LogP contribution in [0.5, 0.6) is 17.2 Å². The van der Waals surface area contributed by atoms with E-state index in [2.05, 4.69) is 0 Å². The van der Waals surface area contributed by atoms with Gasteiger partial charge >= 0.3 is 107 Å². The molecule has 0 atom stereocenters. The van der Waals surface area contributed by atoms with Crippen LogP contribution in [0.2, 0.25) is 0 Å². The van der Waals surface area contributed by atoms with E-state index in [-0.39, 0.29) is 5.75 Å². The molecule has 0 aliphatic carbocycles. The number of benzene rings is 2. The Morgan fingerprint density at radius 3 is 2.12 bits per heavy atom. The van der Waals surface area contributed by atoms with Gasteiger partial charge in [-0.15, -0.1) is 0 Å². The summed E-state index contributed by atoms with van der Waals surface area (Å²) in [4.78, 5) is 0.806. The summed E-state index contributed by atoms with van der Waals surface area (Å²) in [7, 11) is 1.49. The number of rotatable bonds is 2. The molecule has 1 heterocycles. The predicted octanol–water partition coefficient (Wildman–Crippen LogP) is 2.94. The zero-order valence-electron chi connectivity index (χ0n) is 8.74. The van der Waals surface area contributed by atoms with Crippen molar-refractivity contribution in [1.29, 1.82) is 0 Å². The van der Waals surface area contributed by atoms with Crippen LogP contribution in [-0.2, 0) is 0 Å². The summed E-state index contributed by atoms with van der Waals surface area (Å²) in [6.45, 7) is 0. The molecule has 0 spiro atoms. The number of phenols is 1. The Hall–Kier alpha value is -1.25. The first-order valence-corrected chi connectivity index (χ1v) is 9.64. The molecule has 2 aromatic carbocycles. The van der Waals surface area contributed by atoms with Crippen molar-refractivity contribution in [3.05, 3.63) is 48.5 Å². The van der Waals surface area contributed by atoms with Gasteiger partial charge in [0.25, 0.3) is 0 Å². The summed E-state index contributed by atoms with van der Waals surface area (Å²) in [6, 6.07) is 14.9. The van der Waals surface area contributed by atoms with E-state index in [9.17, 15) is 5.11 Å². The van der Waals surface area contributed by atoms with Crippen LogP contribution >= 0.6 is 10.0 Å². The van der Waals surface area contributed by atoms with Crippen LogP contribution in [0.3, 0.4) is 0 Å². The van der Waals surface area contributed by atoms with Crippen molar-refractivity contribution in [1.82, 2.24) is 0 Å². The third kappa shape index (κ3) is 2.24. The van der Waals surface area contributed by atoms with Crippen molar-refractivity contribution in [3.8, 4) is 17.2 Å². The molecular formula is C12H9AsO3S. The van der Waals surface area contributed by atoms with Gasteiger partial charge in [-0.2, -0.15) is 0 Å². The van der Waals surface area contributed by atoms with Crippen molar-refractivity contribution < 1.29 is 12.6 Å². The Kier molecular flexibility index (Phi) is 2.91. The topological polar surface area (TPSA) is 38.7 Å². The maximum atomic E-state index is 9.68. The first kappa shape index (κ1) is 10.9. The van der Waals surface area contributed by atoms with Crippen molar-refractivity contribution in [3.63, 3.8) is 0 Å². The van der Waals surface area contributed by atoms with Crippen LogP contribution in [0.15, 0.2) is 53.4 Å². The third-order valence-corrected chi connectivity index (χ3v) is 7.33. The maximum absolute atomic E-state index is 9.68.